The molecule has 3 heterocycles. The molecule has 0 bridgehead atoms. The first-order valence-corrected chi connectivity index (χ1v) is 11.8. The molecular formula is C26H30N6O5. The molecule has 3 aromatic heterocycles. The molecule has 0 aliphatic carbocycles. The summed E-state index contributed by atoms with van der Waals surface area (Å²) in [7, 11) is 1.56. The maximum absolute atomic E-state index is 13.7. The number of tetrazole rings is 1. The van der Waals surface area contributed by atoms with Gasteiger partial charge in [-0.15, -0.1) is 10.2 Å². The van der Waals surface area contributed by atoms with E-state index in [1.54, 1.807) is 55.6 Å². The largest absolute Gasteiger partial charge is 0.497 e. The molecular weight excluding hydrogens is 476 g/mol. The van der Waals surface area contributed by atoms with Gasteiger partial charge >= 0.3 is 0 Å². The van der Waals surface area contributed by atoms with Crippen molar-refractivity contribution in [3.8, 4) is 17.3 Å². The van der Waals surface area contributed by atoms with E-state index in [4.69, 9.17) is 13.6 Å². The Morgan fingerprint density at radius 2 is 1.89 bits per heavy atom. The highest BCUT2D eigenvalue weighted by molar-refractivity contribution is 5.89. The summed E-state index contributed by atoms with van der Waals surface area (Å²) in [6.07, 6.45) is 1.52. The van der Waals surface area contributed by atoms with Crippen LogP contribution in [0.2, 0.25) is 0 Å². The van der Waals surface area contributed by atoms with Crippen LogP contribution < -0.4 is 10.1 Å². The lowest BCUT2D eigenvalue weighted by molar-refractivity contribution is -0.143. The number of methoxy groups -OCH3 is 1. The molecule has 1 aromatic carbocycles. The lowest BCUT2D eigenvalue weighted by Gasteiger charge is -2.33. The van der Waals surface area contributed by atoms with Crippen molar-refractivity contribution in [3.05, 3.63) is 71.9 Å². The van der Waals surface area contributed by atoms with E-state index in [0.717, 1.165) is 0 Å². The molecule has 0 saturated carbocycles. The number of carbonyl (C=O) groups is 2. The van der Waals surface area contributed by atoms with Gasteiger partial charge in [0.15, 0.2) is 5.76 Å². The van der Waals surface area contributed by atoms with Crippen LogP contribution in [0, 0.1) is 6.92 Å². The highest BCUT2D eigenvalue weighted by Gasteiger charge is 2.34. The average Bonchev–Trinajstić information content (AvgIpc) is 3.60. The monoisotopic (exact) mass is 506 g/mol. The zero-order valence-corrected chi connectivity index (χ0v) is 21.5. The Balaban J connectivity index is 1.68. The van der Waals surface area contributed by atoms with Crippen LogP contribution in [-0.2, 0) is 22.7 Å². The standard InChI is InChI=1S/C26H30N6O5/c1-17-8-13-21(37-17)24-28-30-32(29-24)16-22(33)31(15-20-7-6-14-36-20)23(25(34)27-26(2,3)4)18-9-11-19(35-5)12-10-18/h6-14,23H,15-16H2,1-5H3,(H,27,34)/t23-/m0/s1. The van der Waals surface area contributed by atoms with E-state index in [1.165, 1.54) is 16.0 Å². The van der Waals surface area contributed by atoms with Gasteiger partial charge in [0.25, 0.3) is 0 Å². The highest BCUT2D eigenvalue weighted by atomic mass is 16.5. The normalized spacial score (nSPS) is 12.2. The summed E-state index contributed by atoms with van der Waals surface area (Å²) in [6.45, 7) is 7.26. The van der Waals surface area contributed by atoms with Crippen LogP contribution in [0.4, 0.5) is 0 Å². The number of benzene rings is 1. The first-order valence-electron chi connectivity index (χ1n) is 11.8. The van der Waals surface area contributed by atoms with Crippen molar-refractivity contribution in [1.82, 2.24) is 30.4 Å². The van der Waals surface area contributed by atoms with Crippen molar-refractivity contribution in [1.29, 1.82) is 0 Å². The number of amides is 2. The van der Waals surface area contributed by atoms with Crippen LogP contribution in [-0.4, -0.2) is 49.6 Å². The first-order chi connectivity index (χ1) is 17.6. The summed E-state index contributed by atoms with van der Waals surface area (Å²) in [5.74, 6) is 1.83. The van der Waals surface area contributed by atoms with Crippen molar-refractivity contribution in [3.63, 3.8) is 0 Å². The van der Waals surface area contributed by atoms with Gasteiger partial charge in [-0.25, -0.2) is 0 Å². The van der Waals surface area contributed by atoms with Crippen molar-refractivity contribution >= 4 is 11.8 Å². The Hall–Kier alpha value is -4.41. The Morgan fingerprint density at radius 3 is 2.49 bits per heavy atom. The van der Waals surface area contributed by atoms with Crippen molar-refractivity contribution in [2.24, 2.45) is 0 Å². The third kappa shape index (κ3) is 6.43. The second kappa shape index (κ2) is 10.7. The smallest absolute Gasteiger partial charge is 0.247 e. The number of furan rings is 2. The maximum Gasteiger partial charge on any atom is 0.247 e. The van der Waals surface area contributed by atoms with Gasteiger partial charge in [-0.1, -0.05) is 12.1 Å². The van der Waals surface area contributed by atoms with E-state index in [9.17, 15) is 9.59 Å². The van der Waals surface area contributed by atoms with Gasteiger partial charge in [-0.05, 0) is 74.9 Å². The van der Waals surface area contributed by atoms with Gasteiger partial charge in [-0.3, -0.25) is 9.59 Å². The molecule has 1 N–H and O–H groups in total. The fourth-order valence-corrected chi connectivity index (χ4v) is 3.77. The Labute approximate surface area is 214 Å². The number of hydrogen-bond acceptors (Lipinski definition) is 8. The lowest BCUT2D eigenvalue weighted by atomic mass is 10.0. The number of rotatable bonds is 9. The van der Waals surface area contributed by atoms with Crippen molar-refractivity contribution in [2.75, 3.05) is 7.11 Å². The molecule has 0 saturated heterocycles. The van der Waals surface area contributed by atoms with Crippen LogP contribution in [0.1, 0.15) is 43.9 Å². The topological polar surface area (TPSA) is 129 Å². The van der Waals surface area contributed by atoms with Crippen LogP contribution in [0.25, 0.3) is 11.6 Å². The predicted octanol–water partition coefficient (Wildman–Crippen LogP) is 3.53. The molecule has 194 valence electrons. The van der Waals surface area contributed by atoms with E-state index in [2.05, 4.69) is 20.7 Å². The van der Waals surface area contributed by atoms with Crippen molar-refractivity contribution < 1.29 is 23.2 Å². The number of nitrogens with zero attached hydrogens (tertiary/aromatic N) is 5. The lowest BCUT2D eigenvalue weighted by Crippen LogP contribution is -2.49. The molecule has 0 spiro atoms. The van der Waals surface area contributed by atoms with Crippen LogP contribution >= 0.6 is 0 Å². The quantitative estimate of drug-likeness (QED) is 0.365. The molecule has 0 aliphatic heterocycles. The molecule has 2 amide bonds. The molecule has 1 atom stereocenters. The summed E-state index contributed by atoms with van der Waals surface area (Å²) in [6, 6.07) is 13.1. The third-order valence-electron chi connectivity index (χ3n) is 5.41. The zero-order chi connectivity index (χ0) is 26.6. The minimum absolute atomic E-state index is 0.0546. The SMILES string of the molecule is COc1ccc([C@@H](C(=O)NC(C)(C)C)N(Cc2ccco2)C(=O)Cn2nnc(-c3ccc(C)o3)n2)cc1. The summed E-state index contributed by atoms with van der Waals surface area (Å²) in [5, 5.41) is 15.3. The van der Waals surface area contributed by atoms with Crippen LogP contribution in [0.3, 0.4) is 0 Å². The second-order valence-electron chi connectivity index (χ2n) is 9.57. The summed E-state index contributed by atoms with van der Waals surface area (Å²) in [5.41, 5.74) is 0.0887. The molecule has 0 fully saturated rings. The summed E-state index contributed by atoms with van der Waals surface area (Å²) < 4.78 is 16.3. The zero-order valence-electron chi connectivity index (χ0n) is 21.5. The molecule has 11 heteroatoms. The number of carbonyl (C=O) groups excluding carboxylic acids is 2. The Bertz CT molecular complexity index is 1330. The fraction of sp³-hybridized carbons (Fsp3) is 0.346. The van der Waals surface area contributed by atoms with Gasteiger partial charge in [0, 0.05) is 5.54 Å². The number of hydrogen-bond donors (Lipinski definition) is 1. The van der Waals surface area contributed by atoms with Gasteiger partial charge < -0.3 is 23.8 Å². The average molecular weight is 507 g/mol. The summed E-state index contributed by atoms with van der Waals surface area (Å²) in [4.78, 5) is 30.0. The maximum atomic E-state index is 13.7. The van der Waals surface area contributed by atoms with Gasteiger partial charge in [0.2, 0.25) is 17.6 Å². The number of nitrogens with one attached hydrogen (secondary N) is 1. The fourth-order valence-electron chi connectivity index (χ4n) is 3.77. The minimum Gasteiger partial charge on any atom is -0.497 e. The number of ether oxygens (including phenoxy) is 1. The molecule has 0 aliphatic rings. The Kier molecular flexibility index (Phi) is 7.42. The Morgan fingerprint density at radius 1 is 1.14 bits per heavy atom. The predicted molar refractivity (Wildman–Crippen MR) is 133 cm³/mol. The molecule has 0 radical (unpaired) electrons. The van der Waals surface area contributed by atoms with E-state index in [-0.39, 0.29) is 24.8 Å². The minimum atomic E-state index is -0.960. The van der Waals surface area contributed by atoms with E-state index >= 15 is 0 Å². The van der Waals surface area contributed by atoms with E-state index in [0.29, 0.717) is 28.6 Å². The number of aromatic nitrogens is 4. The molecule has 0 unspecified atom stereocenters. The van der Waals surface area contributed by atoms with Crippen molar-refractivity contribution in [2.45, 2.75) is 52.4 Å². The van der Waals surface area contributed by atoms with Crippen LogP contribution in [0.15, 0.2) is 63.6 Å². The van der Waals surface area contributed by atoms with E-state index in [1.807, 2.05) is 27.7 Å². The molecule has 4 rings (SSSR count). The number of aryl methyl sites for hydroxylation is 1. The van der Waals surface area contributed by atoms with Gasteiger partial charge in [-0.2, -0.15) is 4.80 Å². The van der Waals surface area contributed by atoms with Gasteiger partial charge in [0.05, 0.1) is 19.9 Å². The highest BCUT2D eigenvalue weighted by Crippen LogP contribution is 2.27. The summed E-state index contributed by atoms with van der Waals surface area (Å²) >= 11 is 0. The van der Waals surface area contributed by atoms with E-state index < -0.39 is 17.5 Å². The van der Waals surface area contributed by atoms with Gasteiger partial charge in [0.1, 0.15) is 29.9 Å². The first kappa shape index (κ1) is 25.7. The molecule has 4 aromatic rings. The van der Waals surface area contributed by atoms with Crippen LogP contribution in [0.5, 0.6) is 5.75 Å². The third-order valence-corrected chi connectivity index (χ3v) is 5.41. The second-order valence-corrected chi connectivity index (χ2v) is 9.57. The molecule has 37 heavy (non-hydrogen) atoms. The molecule has 11 nitrogen and oxygen atoms in total.